The largest absolute Gasteiger partial charge is 0.497 e. The molecule has 10 heteroatoms. The number of barbiturate groups is 1. The van der Waals surface area contributed by atoms with Crippen molar-refractivity contribution in [2.45, 2.75) is 13.0 Å². The predicted molar refractivity (Wildman–Crippen MR) is 104 cm³/mol. The Balaban J connectivity index is 1.75. The summed E-state index contributed by atoms with van der Waals surface area (Å²) in [4.78, 5) is 46.5. The molecule has 0 aliphatic carbocycles. The topological polar surface area (TPSA) is 115 Å². The van der Waals surface area contributed by atoms with E-state index in [1.807, 2.05) is 10.8 Å². The summed E-state index contributed by atoms with van der Waals surface area (Å²) in [6.07, 6.45) is 7.21. The highest BCUT2D eigenvalue weighted by atomic mass is 16.5. The van der Waals surface area contributed by atoms with Crippen LogP contribution in [0, 0.1) is 5.92 Å². The molecule has 1 N–H and O–H groups in total. The Kier molecular flexibility index (Phi) is 6.22. The Morgan fingerprint density at radius 3 is 2.76 bits per heavy atom. The fraction of sp³-hybridized carbons (Fsp3) is 0.316. The Hall–Kier alpha value is -3.69. The molecule has 2 heterocycles. The van der Waals surface area contributed by atoms with Crippen molar-refractivity contribution in [3.05, 3.63) is 36.9 Å². The van der Waals surface area contributed by atoms with Gasteiger partial charge < -0.3 is 14.0 Å². The van der Waals surface area contributed by atoms with E-state index in [0.29, 0.717) is 31.0 Å². The van der Waals surface area contributed by atoms with Crippen LogP contribution in [0.15, 0.2) is 41.9 Å². The second kappa shape index (κ2) is 9.00. The Morgan fingerprint density at radius 2 is 2.07 bits per heavy atom. The molecule has 1 atom stereocenters. The van der Waals surface area contributed by atoms with Crippen LogP contribution >= 0.6 is 0 Å². The molecule has 152 valence electrons. The van der Waals surface area contributed by atoms with Crippen LogP contribution in [-0.4, -0.2) is 54.4 Å². The highest BCUT2D eigenvalue weighted by Crippen LogP contribution is 2.34. The number of urea groups is 1. The van der Waals surface area contributed by atoms with Crippen LogP contribution in [0.2, 0.25) is 0 Å². The number of hydrogen-bond donors (Lipinski definition) is 1. The highest BCUT2D eigenvalue weighted by Gasteiger charge is 2.41. The van der Waals surface area contributed by atoms with Gasteiger partial charge in [0.1, 0.15) is 11.5 Å². The minimum Gasteiger partial charge on any atom is -0.497 e. The molecule has 3 rings (SSSR count). The first-order valence-electron chi connectivity index (χ1n) is 8.91. The van der Waals surface area contributed by atoms with Gasteiger partial charge in [-0.05, 0) is 18.6 Å². The number of aromatic nitrogens is 2. The van der Waals surface area contributed by atoms with E-state index in [9.17, 15) is 14.4 Å². The first-order valence-corrected chi connectivity index (χ1v) is 8.91. The van der Waals surface area contributed by atoms with Gasteiger partial charge in [0, 0.05) is 37.8 Å². The lowest BCUT2D eigenvalue weighted by atomic mass is 10.1. The molecule has 0 radical (unpaired) electrons. The van der Waals surface area contributed by atoms with Crippen molar-refractivity contribution in [3.63, 3.8) is 0 Å². The van der Waals surface area contributed by atoms with Crippen molar-refractivity contribution >= 4 is 29.7 Å². The third-order valence-electron chi connectivity index (χ3n) is 4.35. The van der Waals surface area contributed by atoms with Gasteiger partial charge in [-0.2, -0.15) is 0 Å². The fourth-order valence-corrected chi connectivity index (χ4v) is 2.86. The maximum atomic E-state index is 12.9. The molecule has 1 aliphatic heterocycles. The van der Waals surface area contributed by atoms with Gasteiger partial charge in [-0.25, -0.2) is 14.7 Å². The van der Waals surface area contributed by atoms with Crippen molar-refractivity contribution < 1.29 is 23.9 Å². The van der Waals surface area contributed by atoms with Crippen LogP contribution in [0.25, 0.3) is 0 Å². The zero-order valence-corrected chi connectivity index (χ0v) is 16.1. The third-order valence-corrected chi connectivity index (χ3v) is 4.35. The summed E-state index contributed by atoms with van der Waals surface area (Å²) in [5.74, 6) is -1.90. The van der Waals surface area contributed by atoms with Gasteiger partial charge >= 0.3 is 6.03 Å². The first kappa shape index (κ1) is 20.1. The smallest absolute Gasteiger partial charge is 0.335 e. The molecule has 1 fully saturated rings. The number of aliphatic imine (C=N–C) groups is 1. The van der Waals surface area contributed by atoms with Crippen molar-refractivity contribution in [1.29, 1.82) is 0 Å². The monoisotopic (exact) mass is 399 g/mol. The van der Waals surface area contributed by atoms with Gasteiger partial charge in [0.15, 0.2) is 5.92 Å². The highest BCUT2D eigenvalue weighted by molar-refractivity contribution is 6.33. The molecule has 0 bridgehead atoms. The average Bonchev–Trinajstić information content (AvgIpc) is 3.23. The molecule has 4 amide bonds. The van der Waals surface area contributed by atoms with Crippen molar-refractivity contribution in [1.82, 2.24) is 14.9 Å². The molecule has 1 aromatic heterocycles. The molecule has 29 heavy (non-hydrogen) atoms. The number of amides is 4. The van der Waals surface area contributed by atoms with Gasteiger partial charge in [0.25, 0.3) is 5.91 Å². The first-order chi connectivity index (χ1) is 14.0. The van der Waals surface area contributed by atoms with E-state index in [2.05, 4.69) is 15.3 Å². The summed E-state index contributed by atoms with van der Waals surface area (Å²) in [5.41, 5.74) is 0.181. The third kappa shape index (κ3) is 4.42. The minimum absolute atomic E-state index is 0.181. The van der Waals surface area contributed by atoms with E-state index in [4.69, 9.17) is 9.47 Å². The van der Waals surface area contributed by atoms with Crippen LogP contribution in [-0.2, 0) is 16.1 Å². The lowest BCUT2D eigenvalue weighted by Crippen LogP contribution is -2.58. The number of ether oxygens (including phenoxy) is 2. The van der Waals surface area contributed by atoms with Gasteiger partial charge in [-0.1, -0.05) is 0 Å². The standard InChI is InChI=1S/C19H21N5O5/c1-28-13-4-5-16(29-2)15(10-13)24-18(26)14(17(25)22-19(24)27)11-20-6-3-8-23-9-7-21-12-23/h4-5,7,9-12,14H,3,6,8H2,1-2H3,(H,22,25,27)/t14-/m1/s1. The van der Waals surface area contributed by atoms with Gasteiger partial charge in [-0.3, -0.25) is 19.9 Å². The Bertz CT molecular complexity index is 925. The van der Waals surface area contributed by atoms with Crippen LogP contribution in [0.1, 0.15) is 6.42 Å². The van der Waals surface area contributed by atoms with E-state index in [1.54, 1.807) is 24.7 Å². The molecule has 0 saturated carbocycles. The van der Waals surface area contributed by atoms with Crippen molar-refractivity contribution in [2.75, 3.05) is 25.7 Å². The molecular formula is C19H21N5O5. The van der Waals surface area contributed by atoms with Gasteiger partial charge in [0.05, 0.1) is 26.2 Å². The zero-order chi connectivity index (χ0) is 20.8. The predicted octanol–water partition coefficient (Wildman–Crippen LogP) is 1.26. The normalized spacial score (nSPS) is 17.0. The number of carbonyl (C=O) groups is 3. The van der Waals surface area contributed by atoms with E-state index in [0.717, 1.165) is 4.90 Å². The van der Waals surface area contributed by atoms with E-state index >= 15 is 0 Å². The number of nitrogens with zero attached hydrogens (tertiary/aromatic N) is 4. The summed E-state index contributed by atoms with van der Waals surface area (Å²) in [5, 5.41) is 2.19. The number of imidazole rings is 1. The number of rotatable bonds is 8. The van der Waals surface area contributed by atoms with Crippen molar-refractivity contribution in [2.24, 2.45) is 10.9 Å². The number of carbonyl (C=O) groups excluding carboxylic acids is 3. The molecule has 1 aliphatic rings. The van der Waals surface area contributed by atoms with Crippen LogP contribution < -0.4 is 19.7 Å². The van der Waals surface area contributed by atoms with E-state index < -0.39 is 23.8 Å². The SMILES string of the molecule is COc1ccc(OC)c(N2C(=O)NC(=O)[C@@H](C=NCCCn3ccnc3)C2=O)c1. The molecule has 0 unspecified atom stereocenters. The van der Waals surface area contributed by atoms with Crippen molar-refractivity contribution in [3.8, 4) is 11.5 Å². The van der Waals surface area contributed by atoms with E-state index in [-0.39, 0.29) is 5.69 Å². The maximum absolute atomic E-state index is 12.9. The number of aryl methyl sites for hydroxylation is 1. The summed E-state index contributed by atoms with van der Waals surface area (Å²) in [6, 6.07) is 3.85. The second-order valence-corrected chi connectivity index (χ2v) is 6.19. The zero-order valence-electron chi connectivity index (χ0n) is 16.1. The molecule has 1 saturated heterocycles. The van der Waals surface area contributed by atoms with Crippen LogP contribution in [0.4, 0.5) is 10.5 Å². The summed E-state index contributed by atoms with van der Waals surface area (Å²) in [7, 11) is 2.88. The minimum atomic E-state index is -1.21. The van der Waals surface area contributed by atoms with Crippen LogP contribution in [0.5, 0.6) is 11.5 Å². The van der Waals surface area contributed by atoms with Crippen LogP contribution in [0.3, 0.4) is 0 Å². The lowest BCUT2D eigenvalue weighted by Gasteiger charge is -2.29. The summed E-state index contributed by atoms with van der Waals surface area (Å²) < 4.78 is 12.3. The number of anilines is 1. The molecule has 1 aromatic carbocycles. The number of nitrogens with one attached hydrogen (secondary N) is 1. The lowest BCUT2D eigenvalue weighted by molar-refractivity contribution is -0.131. The molecule has 2 aromatic rings. The fourth-order valence-electron chi connectivity index (χ4n) is 2.86. The molecule has 0 spiro atoms. The maximum Gasteiger partial charge on any atom is 0.335 e. The summed E-state index contributed by atoms with van der Waals surface area (Å²) >= 11 is 0. The molecular weight excluding hydrogens is 378 g/mol. The quantitative estimate of drug-likeness (QED) is 0.406. The molecule has 10 nitrogen and oxygen atoms in total. The van der Waals surface area contributed by atoms with Gasteiger partial charge in [-0.15, -0.1) is 0 Å². The number of imide groups is 2. The number of hydrogen-bond acceptors (Lipinski definition) is 7. The number of methoxy groups -OCH3 is 2. The Morgan fingerprint density at radius 1 is 1.24 bits per heavy atom. The summed E-state index contributed by atoms with van der Waals surface area (Å²) in [6.45, 7) is 1.14. The Labute approximate surface area is 167 Å². The second-order valence-electron chi connectivity index (χ2n) is 6.19. The van der Waals surface area contributed by atoms with Gasteiger partial charge in [0.2, 0.25) is 5.91 Å². The number of benzene rings is 1. The van der Waals surface area contributed by atoms with E-state index in [1.165, 1.54) is 26.5 Å². The average molecular weight is 399 g/mol.